The van der Waals surface area contributed by atoms with Crippen LogP contribution in [0, 0.1) is 0 Å². The van der Waals surface area contributed by atoms with Crippen molar-refractivity contribution >= 4 is 29.1 Å². The summed E-state index contributed by atoms with van der Waals surface area (Å²) in [5.74, 6) is -0.891. The van der Waals surface area contributed by atoms with Crippen LogP contribution in [0.25, 0.3) is 0 Å². The minimum Gasteiger partial charge on any atom is -0.497 e. The first-order valence-electron chi connectivity index (χ1n) is 6.57. The van der Waals surface area contributed by atoms with Crippen LogP contribution < -0.4 is 15.4 Å². The van der Waals surface area contributed by atoms with E-state index in [1.807, 2.05) is 6.07 Å². The summed E-state index contributed by atoms with van der Waals surface area (Å²) < 4.78 is 5.05. The molecule has 114 valence electrons. The first kappa shape index (κ1) is 15.9. The number of rotatable bonds is 4. The van der Waals surface area contributed by atoms with Crippen molar-refractivity contribution in [1.82, 2.24) is 5.32 Å². The van der Waals surface area contributed by atoms with E-state index < -0.39 is 11.8 Å². The second-order valence-electron chi connectivity index (χ2n) is 4.46. The summed E-state index contributed by atoms with van der Waals surface area (Å²) >= 11 is 5.98. The van der Waals surface area contributed by atoms with Crippen LogP contribution in [0.5, 0.6) is 5.75 Å². The van der Waals surface area contributed by atoms with Gasteiger partial charge in [0.15, 0.2) is 0 Å². The van der Waals surface area contributed by atoms with Crippen LogP contribution in [0.1, 0.15) is 5.56 Å². The molecule has 0 aliphatic rings. The molecule has 0 fully saturated rings. The lowest BCUT2D eigenvalue weighted by Crippen LogP contribution is -2.35. The van der Waals surface area contributed by atoms with Crippen LogP contribution in [-0.2, 0) is 16.1 Å². The molecule has 0 radical (unpaired) electrons. The molecule has 2 N–H and O–H groups in total. The lowest BCUT2D eigenvalue weighted by Gasteiger charge is -2.08. The Bertz CT molecular complexity index is 689. The highest BCUT2D eigenvalue weighted by Crippen LogP contribution is 2.17. The fourth-order valence-electron chi connectivity index (χ4n) is 1.79. The third kappa shape index (κ3) is 4.23. The Labute approximate surface area is 133 Å². The van der Waals surface area contributed by atoms with Gasteiger partial charge in [-0.1, -0.05) is 35.9 Å². The number of carbonyl (C=O) groups excluding carboxylic acids is 2. The molecule has 0 heterocycles. The molecule has 0 spiro atoms. The molecule has 0 bridgehead atoms. The highest BCUT2D eigenvalue weighted by Gasteiger charge is 2.14. The molecule has 22 heavy (non-hydrogen) atoms. The summed E-state index contributed by atoms with van der Waals surface area (Å²) in [5, 5.41) is 5.56. The molecule has 0 saturated carbocycles. The molecular weight excluding hydrogens is 304 g/mol. The Hall–Kier alpha value is -2.53. The second-order valence-corrected chi connectivity index (χ2v) is 4.87. The molecule has 2 aromatic rings. The molecule has 0 aliphatic heterocycles. The summed E-state index contributed by atoms with van der Waals surface area (Å²) in [4.78, 5) is 23.6. The molecule has 5 nitrogen and oxygen atoms in total. The number of benzene rings is 2. The van der Waals surface area contributed by atoms with Crippen LogP contribution in [0.4, 0.5) is 5.69 Å². The number of amides is 2. The number of halogens is 1. The van der Waals surface area contributed by atoms with Gasteiger partial charge in [0, 0.05) is 23.3 Å². The molecule has 0 aliphatic carbocycles. The number of methoxy groups -OCH3 is 1. The van der Waals surface area contributed by atoms with Crippen LogP contribution in [0.2, 0.25) is 5.02 Å². The normalized spacial score (nSPS) is 9.91. The average molecular weight is 319 g/mol. The van der Waals surface area contributed by atoms with Crippen molar-refractivity contribution in [3.63, 3.8) is 0 Å². The quantitative estimate of drug-likeness (QED) is 0.852. The van der Waals surface area contributed by atoms with E-state index >= 15 is 0 Å². The molecular formula is C16H15ClN2O3. The highest BCUT2D eigenvalue weighted by molar-refractivity contribution is 6.39. The van der Waals surface area contributed by atoms with Gasteiger partial charge in [0.05, 0.1) is 7.11 Å². The Morgan fingerprint density at radius 2 is 1.86 bits per heavy atom. The van der Waals surface area contributed by atoms with Crippen LogP contribution in [-0.4, -0.2) is 18.9 Å². The van der Waals surface area contributed by atoms with Crippen molar-refractivity contribution in [1.29, 1.82) is 0 Å². The minimum atomic E-state index is -0.750. The predicted octanol–water partition coefficient (Wildman–Crippen LogP) is 2.60. The smallest absolute Gasteiger partial charge is 0.313 e. The Morgan fingerprint density at radius 3 is 2.59 bits per heavy atom. The van der Waals surface area contributed by atoms with E-state index in [0.29, 0.717) is 16.5 Å². The van der Waals surface area contributed by atoms with Crippen molar-refractivity contribution in [2.45, 2.75) is 6.54 Å². The standard InChI is InChI=1S/C16H15ClN2O3/c1-22-13-7-4-6-12(9-13)19-16(21)15(20)18-10-11-5-2-3-8-14(11)17/h2-9H,10H2,1H3,(H,18,20)(H,19,21). The lowest BCUT2D eigenvalue weighted by atomic mass is 10.2. The van der Waals surface area contributed by atoms with E-state index in [2.05, 4.69) is 10.6 Å². The zero-order valence-electron chi connectivity index (χ0n) is 11.9. The van der Waals surface area contributed by atoms with E-state index in [-0.39, 0.29) is 6.54 Å². The number of hydrogen-bond acceptors (Lipinski definition) is 3. The van der Waals surface area contributed by atoms with Crippen molar-refractivity contribution in [3.05, 3.63) is 59.1 Å². The van der Waals surface area contributed by atoms with Gasteiger partial charge in [-0.2, -0.15) is 0 Å². The maximum Gasteiger partial charge on any atom is 0.313 e. The predicted molar refractivity (Wildman–Crippen MR) is 84.9 cm³/mol. The first-order valence-corrected chi connectivity index (χ1v) is 6.94. The lowest BCUT2D eigenvalue weighted by molar-refractivity contribution is -0.136. The van der Waals surface area contributed by atoms with Gasteiger partial charge in [0.25, 0.3) is 0 Å². The van der Waals surface area contributed by atoms with Crippen LogP contribution >= 0.6 is 11.6 Å². The minimum absolute atomic E-state index is 0.185. The summed E-state index contributed by atoms with van der Waals surface area (Å²) in [5.41, 5.74) is 1.23. The number of nitrogens with one attached hydrogen (secondary N) is 2. The van der Waals surface area contributed by atoms with Crippen molar-refractivity contribution < 1.29 is 14.3 Å². The molecule has 2 aromatic carbocycles. The fourth-order valence-corrected chi connectivity index (χ4v) is 1.99. The van der Waals surface area contributed by atoms with Crippen molar-refractivity contribution in [2.75, 3.05) is 12.4 Å². The first-order chi connectivity index (χ1) is 10.6. The maximum absolute atomic E-state index is 11.8. The van der Waals surface area contributed by atoms with E-state index in [4.69, 9.17) is 16.3 Å². The third-order valence-electron chi connectivity index (χ3n) is 2.93. The summed E-state index contributed by atoms with van der Waals surface area (Å²) in [6.45, 7) is 0.185. The summed E-state index contributed by atoms with van der Waals surface area (Å²) in [7, 11) is 1.53. The van der Waals surface area contributed by atoms with E-state index in [9.17, 15) is 9.59 Å². The van der Waals surface area contributed by atoms with Crippen molar-refractivity contribution in [3.8, 4) is 5.75 Å². The maximum atomic E-state index is 11.8. The molecule has 2 amide bonds. The summed E-state index contributed by atoms with van der Waals surface area (Å²) in [6.07, 6.45) is 0. The zero-order chi connectivity index (χ0) is 15.9. The van der Waals surface area contributed by atoms with Crippen LogP contribution in [0.3, 0.4) is 0 Å². The second kappa shape index (κ2) is 7.47. The Kier molecular flexibility index (Phi) is 5.38. The van der Waals surface area contributed by atoms with Gasteiger partial charge in [0.1, 0.15) is 5.75 Å². The SMILES string of the molecule is COc1cccc(NC(=O)C(=O)NCc2ccccc2Cl)c1. The van der Waals surface area contributed by atoms with Gasteiger partial charge in [-0.25, -0.2) is 0 Å². The molecule has 0 saturated heterocycles. The molecule has 0 unspecified atom stereocenters. The number of ether oxygens (including phenoxy) is 1. The number of hydrogen-bond donors (Lipinski definition) is 2. The molecule has 6 heteroatoms. The van der Waals surface area contributed by atoms with Gasteiger partial charge in [-0.05, 0) is 23.8 Å². The number of anilines is 1. The number of carbonyl (C=O) groups is 2. The van der Waals surface area contributed by atoms with E-state index in [1.54, 1.807) is 42.5 Å². The van der Waals surface area contributed by atoms with Crippen molar-refractivity contribution in [2.24, 2.45) is 0 Å². The van der Waals surface area contributed by atoms with E-state index in [1.165, 1.54) is 7.11 Å². The Balaban J connectivity index is 1.92. The largest absolute Gasteiger partial charge is 0.497 e. The van der Waals surface area contributed by atoms with Gasteiger partial charge in [-0.15, -0.1) is 0 Å². The fraction of sp³-hybridized carbons (Fsp3) is 0.125. The summed E-state index contributed by atoms with van der Waals surface area (Å²) in [6, 6.07) is 13.9. The monoisotopic (exact) mass is 318 g/mol. The highest BCUT2D eigenvalue weighted by atomic mass is 35.5. The zero-order valence-corrected chi connectivity index (χ0v) is 12.7. The molecule has 0 atom stereocenters. The Morgan fingerprint density at radius 1 is 1.09 bits per heavy atom. The third-order valence-corrected chi connectivity index (χ3v) is 3.30. The van der Waals surface area contributed by atoms with Gasteiger partial charge in [-0.3, -0.25) is 9.59 Å². The van der Waals surface area contributed by atoms with Crippen LogP contribution in [0.15, 0.2) is 48.5 Å². The van der Waals surface area contributed by atoms with E-state index in [0.717, 1.165) is 5.56 Å². The topological polar surface area (TPSA) is 67.4 Å². The average Bonchev–Trinajstić information content (AvgIpc) is 2.54. The van der Waals surface area contributed by atoms with Gasteiger partial charge in [0.2, 0.25) is 0 Å². The molecule has 2 rings (SSSR count). The molecule has 0 aromatic heterocycles. The van der Waals surface area contributed by atoms with Gasteiger partial charge >= 0.3 is 11.8 Å². The van der Waals surface area contributed by atoms with Gasteiger partial charge < -0.3 is 15.4 Å².